The molecule has 0 radical (unpaired) electrons. The van der Waals surface area contributed by atoms with Crippen molar-refractivity contribution in [1.29, 1.82) is 0 Å². The molecule has 0 aliphatic heterocycles. The van der Waals surface area contributed by atoms with Gasteiger partial charge in [-0.05, 0) is 25.0 Å². The fourth-order valence-electron chi connectivity index (χ4n) is 3.94. The van der Waals surface area contributed by atoms with Gasteiger partial charge in [0.05, 0.1) is 18.1 Å². The first-order chi connectivity index (χ1) is 14.3. The van der Waals surface area contributed by atoms with E-state index < -0.39 is 10.8 Å². The number of benzene rings is 1. The summed E-state index contributed by atoms with van der Waals surface area (Å²) in [5.74, 6) is -1.79. The maximum atomic E-state index is 13.5. The number of fused-ring (bicyclic) bond motifs is 1. The monoisotopic (exact) mass is 417 g/mol. The molecule has 0 amide bonds. The van der Waals surface area contributed by atoms with Crippen molar-refractivity contribution in [2.45, 2.75) is 37.7 Å². The van der Waals surface area contributed by atoms with Gasteiger partial charge in [-0.25, -0.2) is 13.8 Å². The molecule has 30 heavy (non-hydrogen) atoms. The summed E-state index contributed by atoms with van der Waals surface area (Å²) >= 11 is 0. The SMILES string of the molecule is COc1nccc2c(-c3cc([N+](=O)[O-])ccc3OC3CCC(F)(F)CC3)cn(C)c12. The Morgan fingerprint density at radius 2 is 1.97 bits per heavy atom. The Kier molecular flexibility index (Phi) is 5.05. The van der Waals surface area contributed by atoms with Crippen molar-refractivity contribution in [2.24, 2.45) is 7.05 Å². The maximum absolute atomic E-state index is 13.5. The summed E-state index contributed by atoms with van der Waals surface area (Å²) in [5, 5.41) is 12.2. The van der Waals surface area contributed by atoms with E-state index in [1.807, 2.05) is 17.8 Å². The number of nitro groups is 1. The highest BCUT2D eigenvalue weighted by Gasteiger charge is 2.36. The van der Waals surface area contributed by atoms with Gasteiger partial charge in [-0.15, -0.1) is 0 Å². The Bertz CT molecular complexity index is 1100. The lowest BCUT2D eigenvalue weighted by molar-refractivity contribution is -0.384. The highest BCUT2D eigenvalue weighted by Crippen LogP contribution is 2.42. The average Bonchev–Trinajstić information content (AvgIpc) is 3.06. The molecule has 2 aromatic heterocycles. The van der Waals surface area contributed by atoms with Crippen molar-refractivity contribution in [1.82, 2.24) is 9.55 Å². The summed E-state index contributed by atoms with van der Waals surface area (Å²) in [4.78, 5) is 15.1. The second-order valence-corrected chi connectivity index (χ2v) is 7.48. The highest BCUT2D eigenvalue weighted by molar-refractivity contribution is 5.99. The molecule has 0 atom stereocenters. The molecule has 0 spiro atoms. The molecular formula is C21H21F2N3O4. The summed E-state index contributed by atoms with van der Waals surface area (Å²) in [7, 11) is 3.35. The van der Waals surface area contributed by atoms with Gasteiger partial charge in [0.1, 0.15) is 11.3 Å². The van der Waals surface area contributed by atoms with Crippen molar-refractivity contribution in [3.8, 4) is 22.8 Å². The molecule has 9 heteroatoms. The number of nitrogens with zero attached hydrogens (tertiary/aromatic N) is 3. The van der Waals surface area contributed by atoms with Gasteiger partial charge in [0.15, 0.2) is 0 Å². The molecule has 0 N–H and O–H groups in total. The van der Waals surface area contributed by atoms with Crippen LogP contribution in [0.15, 0.2) is 36.7 Å². The number of aryl methyl sites for hydroxylation is 1. The van der Waals surface area contributed by atoms with Gasteiger partial charge < -0.3 is 14.0 Å². The highest BCUT2D eigenvalue weighted by atomic mass is 19.3. The second kappa shape index (κ2) is 7.55. The van der Waals surface area contributed by atoms with Gasteiger partial charge in [0, 0.05) is 60.9 Å². The van der Waals surface area contributed by atoms with Crippen LogP contribution in [0.2, 0.25) is 0 Å². The zero-order chi connectivity index (χ0) is 21.5. The summed E-state index contributed by atoms with van der Waals surface area (Å²) in [6, 6.07) is 6.16. The normalized spacial score (nSPS) is 16.5. The molecule has 0 unspecified atom stereocenters. The molecule has 4 rings (SSSR count). The molecule has 2 heterocycles. The predicted octanol–water partition coefficient (Wildman–Crippen LogP) is 5.11. The molecule has 1 aliphatic carbocycles. The van der Waals surface area contributed by atoms with Crippen LogP contribution in [0.4, 0.5) is 14.5 Å². The van der Waals surface area contributed by atoms with Crippen molar-refractivity contribution < 1.29 is 23.2 Å². The molecule has 0 saturated heterocycles. The number of ether oxygens (including phenoxy) is 2. The van der Waals surface area contributed by atoms with Gasteiger partial charge in [-0.2, -0.15) is 0 Å². The summed E-state index contributed by atoms with van der Waals surface area (Å²) in [6.45, 7) is 0. The number of nitro benzene ring substituents is 1. The predicted molar refractivity (Wildman–Crippen MR) is 107 cm³/mol. The van der Waals surface area contributed by atoms with Crippen LogP contribution in [0, 0.1) is 10.1 Å². The minimum absolute atomic E-state index is 0.0782. The molecule has 1 fully saturated rings. The number of non-ortho nitro benzene ring substituents is 1. The van der Waals surface area contributed by atoms with E-state index in [9.17, 15) is 18.9 Å². The number of rotatable bonds is 5. The van der Waals surface area contributed by atoms with Gasteiger partial charge in [0.25, 0.3) is 5.69 Å². The summed E-state index contributed by atoms with van der Waals surface area (Å²) < 4.78 is 40.3. The minimum atomic E-state index is -2.66. The van der Waals surface area contributed by atoms with Crippen LogP contribution >= 0.6 is 0 Å². The van der Waals surface area contributed by atoms with E-state index in [4.69, 9.17) is 9.47 Å². The maximum Gasteiger partial charge on any atom is 0.270 e. The molecule has 158 valence electrons. The van der Waals surface area contributed by atoms with E-state index in [1.54, 1.807) is 12.3 Å². The van der Waals surface area contributed by atoms with Gasteiger partial charge in [-0.3, -0.25) is 10.1 Å². The number of hydrogen-bond donors (Lipinski definition) is 0. The first-order valence-electron chi connectivity index (χ1n) is 9.60. The number of aromatic nitrogens is 2. The summed E-state index contributed by atoms with van der Waals surface area (Å²) in [6.07, 6.45) is 3.08. The third-order valence-electron chi connectivity index (χ3n) is 5.47. The Morgan fingerprint density at radius 3 is 2.63 bits per heavy atom. The lowest BCUT2D eigenvalue weighted by atomic mass is 9.94. The number of hydrogen-bond acceptors (Lipinski definition) is 5. The zero-order valence-electron chi connectivity index (χ0n) is 16.6. The number of pyridine rings is 1. The van der Waals surface area contributed by atoms with E-state index >= 15 is 0 Å². The molecule has 0 bridgehead atoms. The zero-order valence-corrected chi connectivity index (χ0v) is 16.6. The smallest absolute Gasteiger partial charge is 0.270 e. The lowest BCUT2D eigenvalue weighted by Gasteiger charge is -2.29. The number of methoxy groups -OCH3 is 1. The Morgan fingerprint density at radius 1 is 1.23 bits per heavy atom. The quantitative estimate of drug-likeness (QED) is 0.426. The van der Waals surface area contributed by atoms with E-state index in [-0.39, 0.29) is 37.5 Å². The van der Waals surface area contributed by atoms with Crippen LogP contribution in [0.25, 0.3) is 22.0 Å². The van der Waals surface area contributed by atoms with Crippen LogP contribution in [0.3, 0.4) is 0 Å². The van der Waals surface area contributed by atoms with Crippen molar-refractivity contribution in [3.05, 3.63) is 46.8 Å². The fraction of sp³-hybridized carbons (Fsp3) is 0.381. The van der Waals surface area contributed by atoms with E-state index in [2.05, 4.69) is 4.98 Å². The number of alkyl halides is 2. The van der Waals surface area contributed by atoms with Gasteiger partial charge in [-0.1, -0.05) is 0 Å². The first kappa shape index (κ1) is 20.1. The van der Waals surface area contributed by atoms with Crippen LogP contribution in [-0.4, -0.2) is 33.6 Å². The molecular weight excluding hydrogens is 396 g/mol. The third-order valence-corrected chi connectivity index (χ3v) is 5.47. The summed E-state index contributed by atoms with van der Waals surface area (Å²) in [5.41, 5.74) is 1.91. The number of halogens is 2. The first-order valence-corrected chi connectivity index (χ1v) is 9.60. The van der Waals surface area contributed by atoms with Crippen molar-refractivity contribution >= 4 is 16.6 Å². The van der Waals surface area contributed by atoms with Crippen LogP contribution < -0.4 is 9.47 Å². The Hall–Kier alpha value is -3.23. The molecule has 1 aromatic carbocycles. The molecule has 1 saturated carbocycles. The topological polar surface area (TPSA) is 79.4 Å². The van der Waals surface area contributed by atoms with Crippen molar-refractivity contribution in [2.75, 3.05) is 7.11 Å². The largest absolute Gasteiger partial charge is 0.490 e. The molecule has 1 aliphatic rings. The van der Waals surface area contributed by atoms with Gasteiger partial charge in [0.2, 0.25) is 11.8 Å². The minimum Gasteiger partial charge on any atom is -0.490 e. The lowest BCUT2D eigenvalue weighted by Crippen LogP contribution is -2.30. The Labute approximate surface area is 171 Å². The fourth-order valence-corrected chi connectivity index (χ4v) is 3.94. The van der Waals surface area contributed by atoms with Crippen LogP contribution in [0.1, 0.15) is 25.7 Å². The van der Waals surface area contributed by atoms with Gasteiger partial charge >= 0.3 is 0 Å². The Balaban J connectivity index is 1.80. The molecule has 7 nitrogen and oxygen atoms in total. The van der Waals surface area contributed by atoms with Crippen LogP contribution in [0.5, 0.6) is 11.6 Å². The third kappa shape index (κ3) is 3.67. The van der Waals surface area contributed by atoms with E-state index in [1.165, 1.54) is 25.3 Å². The standard InChI is InChI=1S/C21H21F2N3O4/c1-25-12-17(15-7-10-24-20(29-2)19(15)25)16-11-13(26(27)28)3-4-18(16)30-14-5-8-21(22,23)9-6-14/h3-4,7,10-12,14H,5-6,8-9H2,1-2H3. The second-order valence-electron chi connectivity index (χ2n) is 7.48. The van der Waals surface area contributed by atoms with Crippen LogP contribution in [-0.2, 0) is 7.05 Å². The molecule has 3 aromatic rings. The van der Waals surface area contributed by atoms with E-state index in [0.29, 0.717) is 22.8 Å². The van der Waals surface area contributed by atoms with Crippen molar-refractivity contribution in [3.63, 3.8) is 0 Å². The average molecular weight is 417 g/mol. The van der Waals surface area contributed by atoms with E-state index in [0.717, 1.165) is 10.9 Å².